The molecule has 7 nitrogen and oxygen atoms in total. The van der Waals surface area contributed by atoms with Crippen molar-refractivity contribution < 1.29 is 17.9 Å². The van der Waals surface area contributed by atoms with Gasteiger partial charge in [-0.25, -0.2) is 15.0 Å². The Kier molecular flexibility index (Phi) is 8.93. The lowest BCUT2D eigenvalue weighted by Crippen LogP contribution is -2.53. The van der Waals surface area contributed by atoms with Crippen LogP contribution in [-0.2, 0) is 6.54 Å². The number of para-hydroxylation sites is 1. The number of aromatic nitrogens is 2. The van der Waals surface area contributed by atoms with E-state index in [9.17, 15) is 13.2 Å². The van der Waals surface area contributed by atoms with Crippen LogP contribution in [0.5, 0.6) is 5.75 Å². The van der Waals surface area contributed by atoms with Crippen LogP contribution in [0.3, 0.4) is 0 Å². The van der Waals surface area contributed by atoms with Gasteiger partial charge in [-0.3, -0.25) is 0 Å². The van der Waals surface area contributed by atoms with Crippen LogP contribution in [0.4, 0.5) is 19.1 Å². The minimum atomic E-state index is -4.74. The van der Waals surface area contributed by atoms with Crippen LogP contribution in [-0.4, -0.2) is 59.9 Å². The van der Waals surface area contributed by atoms with E-state index in [4.69, 9.17) is 0 Å². The Morgan fingerprint density at radius 2 is 1.77 bits per heavy atom. The number of ether oxygens (including phenoxy) is 1. The first-order valence-corrected chi connectivity index (χ1v) is 9.35. The molecule has 1 aliphatic heterocycles. The lowest BCUT2D eigenvalue weighted by Gasteiger charge is -2.36. The summed E-state index contributed by atoms with van der Waals surface area (Å²) in [5.74, 6) is 1.11. The van der Waals surface area contributed by atoms with Crippen molar-refractivity contribution >= 4 is 35.9 Å². The van der Waals surface area contributed by atoms with Crippen molar-refractivity contribution in [3.8, 4) is 5.75 Å². The van der Waals surface area contributed by atoms with Crippen molar-refractivity contribution in [1.29, 1.82) is 0 Å². The molecular weight excluding hydrogens is 512 g/mol. The predicted octanol–water partition coefficient (Wildman–Crippen LogP) is 3.28. The molecule has 1 N–H and O–H groups in total. The smallest absolute Gasteiger partial charge is 0.405 e. The summed E-state index contributed by atoms with van der Waals surface area (Å²) in [7, 11) is 0. The number of nitrogens with zero attached hydrogens (tertiary/aromatic N) is 5. The maximum absolute atomic E-state index is 12.6. The number of anilines is 1. The van der Waals surface area contributed by atoms with E-state index in [0.29, 0.717) is 37.1 Å². The summed E-state index contributed by atoms with van der Waals surface area (Å²) in [6, 6.07) is 7.82. The molecule has 0 atom stereocenters. The molecule has 1 aliphatic rings. The molecule has 0 saturated carbocycles. The van der Waals surface area contributed by atoms with Crippen LogP contribution in [0.1, 0.15) is 12.5 Å². The number of guanidine groups is 1. The SMILES string of the molecule is CCNC(=NCc1ccccc1OC(F)(F)F)N1CCN(c2ncccn2)CC1.I. The molecule has 1 aromatic heterocycles. The van der Waals surface area contributed by atoms with Gasteiger partial charge < -0.3 is 19.9 Å². The Labute approximate surface area is 190 Å². The molecule has 0 unspecified atom stereocenters. The standard InChI is InChI=1S/C19H23F3N6O.HI/c1-2-23-17(26-14-15-6-3-4-7-16(15)29-19(20,21)22)27-10-12-28(13-11-27)18-24-8-5-9-25-18;/h3-9H,2,10-14H2,1H3,(H,23,26);1H. The molecule has 0 spiro atoms. The number of halogens is 4. The summed E-state index contributed by atoms with van der Waals surface area (Å²) >= 11 is 0. The van der Waals surface area contributed by atoms with Crippen LogP contribution in [0.2, 0.25) is 0 Å². The van der Waals surface area contributed by atoms with Crippen LogP contribution in [0.25, 0.3) is 0 Å². The minimum Gasteiger partial charge on any atom is -0.405 e. The third-order valence-corrected chi connectivity index (χ3v) is 4.35. The Morgan fingerprint density at radius 3 is 2.40 bits per heavy atom. The molecule has 3 rings (SSSR count). The summed E-state index contributed by atoms with van der Waals surface area (Å²) < 4.78 is 42.0. The molecule has 0 radical (unpaired) electrons. The van der Waals surface area contributed by atoms with Crippen molar-refractivity contribution in [3.63, 3.8) is 0 Å². The van der Waals surface area contributed by atoms with Gasteiger partial charge in [0.05, 0.1) is 6.54 Å². The van der Waals surface area contributed by atoms with Crippen LogP contribution in [0.15, 0.2) is 47.7 Å². The Bertz CT molecular complexity index is 813. The van der Waals surface area contributed by atoms with Crippen molar-refractivity contribution in [3.05, 3.63) is 48.3 Å². The van der Waals surface area contributed by atoms with Crippen molar-refractivity contribution in [2.75, 3.05) is 37.6 Å². The molecule has 164 valence electrons. The lowest BCUT2D eigenvalue weighted by atomic mass is 10.2. The largest absolute Gasteiger partial charge is 0.573 e. The van der Waals surface area contributed by atoms with E-state index in [2.05, 4.69) is 34.8 Å². The third-order valence-electron chi connectivity index (χ3n) is 4.35. The van der Waals surface area contributed by atoms with Gasteiger partial charge in [0.25, 0.3) is 0 Å². The van der Waals surface area contributed by atoms with E-state index in [0.717, 1.165) is 13.1 Å². The highest BCUT2D eigenvalue weighted by atomic mass is 127. The van der Waals surface area contributed by atoms with E-state index < -0.39 is 6.36 Å². The zero-order valence-corrected chi connectivity index (χ0v) is 18.8. The molecule has 1 aromatic carbocycles. The van der Waals surface area contributed by atoms with Gasteiger partial charge in [-0.15, -0.1) is 37.1 Å². The van der Waals surface area contributed by atoms with E-state index >= 15 is 0 Å². The van der Waals surface area contributed by atoms with Crippen LogP contribution >= 0.6 is 24.0 Å². The average molecular weight is 536 g/mol. The van der Waals surface area contributed by atoms with Crippen molar-refractivity contribution in [2.45, 2.75) is 19.8 Å². The Hall–Kier alpha value is -2.31. The summed E-state index contributed by atoms with van der Waals surface area (Å²) in [6.07, 6.45) is -1.32. The molecule has 0 amide bonds. The maximum atomic E-state index is 12.6. The summed E-state index contributed by atoms with van der Waals surface area (Å²) in [6.45, 7) is 5.53. The molecular formula is C19H24F3IN6O. The fraction of sp³-hybridized carbons (Fsp3) is 0.421. The highest BCUT2D eigenvalue weighted by Crippen LogP contribution is 2.26. The van der Waals surface area contributed by atoms with E-state index in [1.807, 2.05) is 6.92 Å². The van der Waals surface area contributed by atoms with Gasteiger partial charge >= 0.3 is 6.36 Å². The first-order valence-electron chi connectivity index (χ1n) is 9.35. The van der Waals surface area contributed by atoms with Gasteiger partial charge in [0.15, 0.2) is 5.96 Å². The molecule has 0 bridgehead atoms. The maximum Gasteiger partial charge on any atom is 0.573 e. The normalized spacial score (nSPS) is 14.9. The number of nitrogens with one attached hydrogen (secondary N) is 1. The fourth-order valence-corrected chi connectivity index (χ4v) is 3.02. The Morgan fingerprint density at radius 1 is 1.10 bits per heavy atom. The van der Waals surface area contributed by atoms with E-state index in [1.54, 1.807) is 30.6 Å². The number of aliphatic imine (C=N–C) groups is 1. The molecule has 11 heteroatoms. The Balaban J connectivity index is 0.00000320. The van der Waals surface area contributed by atoms with Gasteiger partial charge in [0, 0.05) is 50.7 Å². The zero-order chi connectivity index (χ0) is 20.7. The number of rotatable bonds is 5. The van der Waals surface area contributed by atoms with Crippen molar-refractivity contribution in [2.24, 2.45) is 4.99 Å². The highest BCUT2D eigenvalue weighted by Gasteiger charge is 2.32. The second-order valence-electron chi connectivity index (χ2n) is 6.35. The fourth-order valence-electron chi connectivity index (χ4n) is 3.02. The topological polar surface area (TPSA) is 65.9 Å². The van der Waals surface area contributed by atoms with Gasteiger partial charge in [-0.1, -0.05) is 18.2 Å². The lowest BCUT2D eigenvalue weighted by molar-refractivity contribution is -0.274. The first kappa shape index (κ1) is 24.0. The number of alkyl halides is 3. The van der Waals surface area contributed by atoms with E-state index in [1.165, 1.54) is 12.1 Å². The van der Waals surface area contributed by atoms with Gasteiger partial charge in [-0.05, 0) is 19.1 Å². The highest BCUT2D eigenvalue weighted by molar-refractivity contribution is 14.0. The van der Waals surface area contributed by atoms with Crippen LogP contribution < -0.4 is 15.0 Å². The van der Waals surface area contributed by atoms with Gasteiger partial charge in [-0.2, -0.15) is 0 Å². The quantitative estimate of drug-likeness (QED) is 0.360. The number of piperazine rings is 1. The predicted molar refractivity (Wildman–Crippen MR) is 119 cm³/mol. The first-order chi connectivity index (χ1) is 14.0. The average Bonchev–Trinajstić information content (AvgIpc) is 2.72. The summed E-state index contributed by atoms with van der Waals surface area (Å²) in [4.78, 5) is 17.2. The minimum absolute atomic E-state index is 0. The number of hydrogen-bond donors (Lipinski definition) is 1. The van der Waals surface area contributed by atoms with Crippen LogP contribution in [0, 0.1) is 0 Å². The molecule has 1 saturated heterocycles. The van der Waals surface area contributed by atoms with Crippen molar-refractivity contribution in [1.82, 2.24) is 20.2 Å². The second kappa shape index (κ2) is 11.2. The molecule has 2 aromatic rings. The zero-order valence-electron chi connectivity index (χ0n) is 16.5. The molecule has 2 heterocycles. The summed E-state index contributed by atoms with van der Waals surface area (Å²) in [5, 5.41) is 3.21. The number of hydrogen-bond acceptors (Lipinski definition) is 5. The second-order valence-corrected chi connectivity index (χ2v) is 6.35. The monoisotopic (exact) mass is 536 g/mol. The third kappa shape index (κ3) is 6.89. The molecule has 0 aliphatic carbocycles. The van der Waals surface area contributed by atoms with E-state index in [-0.39, 0.29) is 36.3 Å². The summed E-state index contributed by atoms with van der Waals surface area (Å²) in [5.41, 5.74) is 0.372. The van der Waals surface area contributed by atoms with Gasteiger partial charge in [0.2, 0.25) is 5.95 Å². The number of benzene rings is 1. The molecule has 1 fully saturated rings. The molecule has 30 heavy (non-hydrogen) atoms. The van der Waals surface area contributed by atoms with Gasteiger partial charge in [0.1, 0.15) is 5.75 Å².